The number of carbonyl (C=O) groups excluding carboxylic acids is 2. The molecule has 1 saturated carbocycles. The fourth-order valence-electron chi connectivity index (χ4n) is 3.34. The van der Waals surface area contributed by atoms with Crippen LogP contribution >= 0.6 is 0 Å². The minimum absolute atomic E-state index is 0.0331. The first-order valence-electron chi connectivity index (χ1n) is 6.71. The summed E-state index contributed by atoms with van der Waals surface area (Å²) in [6.07, 6.45) is 5.03. The molecule has 0 radical (unpaired) electrons. The van der Waals surface area contributed by atoms with Crippen LogP contribution in [0.15, 0.2) is 0 Å². The zero-order chi connectivity index (χ0) is 12.6. The van der Waals surface area contributed by atoms with E-state index in [1.807, 2.05) is 0 Å². The summed E-state index contributed by atoms with van der Waals surface area (Å²) in [6, 6.07) is 0. The van der Waals surface area contributed by atoms with Crippen LogP contribution < -0.4 is 5.32 Å². The number of nitrogens with one attached hydrogen (secondary N) is 1. The molecule has 0 aromatic heterocycles. The lowest BCUT2D eigenvalue weighted by Crippen LogP contribution is -2.31. The first-order valence-corrected chi connectivity index (χ1v) is 6.71. The van der Waals surface area contributed by atoms with Crippen LogP contribution in [0.1, 0.15) is 52.9 Å². The quantitative estimate of drug-likeness (QED) is 0.712. The van der Waals surface area contributed by atoms with Gasteiger partial charge in [0, 0.05) is 12.3 Å². The molecule has 2 amide bonds. The summed E-state index contributed by atoms with van der Waals surface area (Å²) >= 11 is 0. The lowest BCUT2D eigenvalue weighted by atomic mass is 9.67. The number of amides is 2. The van der Waals surface area contributed by atoms with Gasteiger partial charge < -0.3 is 0 Å². The lowest BCUT2D eigenvalue weighted by molar-refractivity contribution is -0.126. The minimum Gasteiger partial charge on any atom is -0.296 e. The molecule has 3 nitrogen and oxygen atoms in total. The van der Waals surface area contributed by atoms with Crippen molar-refractivity contribution in [3.8, 4) is 0 Å². The van der Waals surface area contributed by atoms with E-state index in [9.17, 15) is 9.59 Å². The molecule has 3 heteroatoms. The van der Waals surface area contributed by atoms with Crippen LogP contribution in [0.3, 0.4) is 0 Å². The zero-order valence-electron chi connectivity index (χ0n) is 11.1. The molecule has 0 aromatic rings. The molecule has 17 heavy (non-hydrogen) atoms. The Bertz CT molecular complexity index is 322. The largest absolute Gasteiger partial charge is 0.296 e. The van der Waals surface area contributed by atoms with Gasteiger partial charge >= 0.3 is 0 Å². The van der Waals surface area contributed by atoms with Gasteiger partial charge in [-0.25, -0.2) is 0 Å². The van der Waals surface area contributed by atoms with Gasteiger partial charge in [0.2, 0.25) is 11.8 Å². The molecule has 1 unspecified atom stereocenters. The van der Waals surface area contributed by atoms with Gasteiger partial charge in [0.1, 0.15) is 0 Å². The summed E-state index contributed by atoms with van der Waals surface area (Å²) in [5, 5.41) is 2.43. The average Bonchev–Trinajstić information content (AvgIpc) is 2.57. The van der Waals surface area contributed by atoms with Crippen molar-refractivity contribution in [3.63, 3.8) is 0 Å². The van der Waals surface area contributed by atoms with Crippen LogP contribution in [0.2, 0.25) is 0 Å². The van der Waals surface area contributed by atoms with Crippen molar-refractivity contribution in [2.24, 2.45) is 23.2 Å². The van der Waals surface area contributed by atoms with Crippen LogP contribution in [0.4, 0.5) is 0 Å². The fraction of sp³-hybridized carbons (Fsp3) is 0.857. The van der Waals surface area contributed by atoms with E-state index in [4.69, 9.17) is 0 Å². The highest BCUT2D eigenvalue weighted by atomic mass is 16.2. The first kappa shape index (κ1) is 12.6. The Labute approximate surface area is 103 Å². The molecule has 0 bridgehead atoms. The number of hydrogen-bond donors (Lipinski definition) is 1. The van der Waals surface area contributed by atoms with Crippen molar-refractivity contribution in [2.75, 3.05) is 0 Å². The van der Waals surface area contributed by atoms with Crippen molar-refractivity contribution in [3.05, 3.63) is 0 Å². The van der Waals surface area contributed by atoms with Crippen molar-refractivity contribution in [1.82, 2.24) is 5.32 Å². The van der Waals surface area contributed by atoms with E-state index < -0.39 is 0 Å². The van der Waals surface area contributed by atoms with Gasteiger partial charge in [-0.3, -0.25) is 14.9 Å². The normalized spacial score (nSPS) is 34.9. The summed E-state index contributed by atoms with van der Waals surface area (Å²) in [4.78, 5) is 22.8. The van der Waals surface area contributed by atoms with Gasteiger partial charge in [0.05, 0.1) is 0 Å². The molecule has 2 fully saturated rings. The molecule has 0 spiro atoms. The third kappa shape index (κ3) is 2.70. The highest BCUT2D eigenvalue weighted by Gasteiger charge is 2.39. The molecule has 2 rings (SSSR count). The summed E-state index contributed by atoms with van der Waals surface area (Å²) < 4.78 is 0. The Morgan fingerprint density at radius 3 is 2.06 bits per heavy atom. The van der Waals surface area contributed by atoms with E-state index in [0.717, 1.165) is 18.8 Å². The monoisotopic (exact) mass is 237 g/mol. The lowest BCUT2D eigenvalue weighted by Gasteiger charge is -2.38. The second-order valence-corrected chi connectivity index (χ2v) is 6.70. The Kier molecular flexibility index (Phi) is 3.28. The summed E-state index contributed by atoms with van der Waals surface area (Å²) in [7, 11) is 0. The van der Waals surface area contributed by atoms with Gasteiger partial charge in [0.25, 0.3) is 0 Å². The van der Waals surface area contributed by atoms with Crippen LogP contribution in [-0.2, 0) is 9.59 Å². The van der Waals surface area contributed by atoms with Crippen molar-refractivity contribution in [2.45, 2.75) is 52.9 Å². The maximum atomic E-state index is 11.6. The Hall–Kier alpha value is -0.860. The summed E-state index contributed by atoms with van der Waals surface area (Å²) in [5.74, 6) is 1.04. The Balaban J connectivity index is 1.91. The topological polar surface area (TPSA) is 46.2 Å². The second kappa shape index (κ2) is 4.43. The van der Waals surface area contributed by atoms with Gasteiger partial charge in [-0.1, -0.05) is 20.8 Å². The standard InChI is InChI=1S/C14H23NO2/c1-14(2,3)10-6-4-9(5-7-10)11-8-12(16)15-13(11)17/h9-11H,4-8H2,1-3H3,(H,15,16,17). The summed E-state index contributed by atoms with van der Waals surface area (Å²) in [6.45, 7) is 6.89. The average molecular weight is 237 g/mol. The molecular formula is C14H23NO2. The number of carbonyl (C=O) groups is 2. The predicted molar refractivity (Wildman–Crippen MR) is 66.2 cm³/mol. The van der Waals surface area contributed by atoms with Crippen LogP contribution in [0, 0.1) is 23.2 Å². The predicted octanol–water partition coefficient (Wildman–Crippen LogP) is 2.50. The van der Waals surface area contributed by atoms with E-state index in [0.29, 0.717) is 17.8 Å². The van der Waals surface area contributed by atoms with Crippen LogP contribution in [0.5, 0.6) is 0 Å². The highest BCUT2D eigenvalue weighted by molar-refractivity contribution is 6.03. The van der Waals surface area contributed by atoms with Gasteiger partial charge in [-0.2, -0.15) is 0 Å². The molecular weight excluding hydrogens is 214 g/mol. The molecule has 1 saturated heterocycles. The van der Waals surface area contributed by atoms with E-state index in [1.165, 1.54) is 12.8 Å². The Morgan fingerprint density at radius 2 is 1.65 bits per heavy atom. The third-order valence-corrected chi connectivity index (χ3v) is 4.57. The second-order valence-electron chi connectivity index (χ2n) is 6.70. The van der Waals surface area contributed by atoms with Gasteiger partial charge in [-0.05, 0) is 42.9 Å². The summed E-state index contributed by atoms with van der Waals surface area (Å²) in [5.41, 5.74) is 0.374. The zero-order valence-corrected chi connectivity index (χ0v) is 11.1. The van der Waals surface area contributed by atoms with Crippen LogP contribution in [0.25, 0.3) is 0 Å². The van der Waals surface area contributed by atoms with Gasteiger partial charge in [0.15, 0.2) is 0 Å². The molecule has 1 aliphatic heterocycles. The molecule has 0 aromatic carbocycles. The highest BCUT2D eigenvalue weighted by Crippen LogP contribution is 2.43. The molecule has 96 valence electrons. The molecule has 1 N–H and O–H groups in total. The third-order valence-electron chi connectivity index (χ3n) is 4.57. The number of hydrogen-bond acceptors (Lipinski definition) is 2. The minimum atomic E-state index is -0.0852. The van der Waals surface area contributed by atoms with Gasteiger partial charge in [-0.15, -0.1) is 0 Å². The van der Waals surface area contributed by atoms with E-state index in [-0.39, 0.29) is 17.7 Å². The van der Waals surface area contributed by atoms with E-state index in [1.54, 1.807) is 0 Å². The number of imide groups is 1. The van der Waals surface area contributed by atoms with Crippen molar-refractivity contribution < 1.29 is 9.59 Å². The van der Waals surface area contributed by atoms with Crippen LogP contribution in [-0.4, -0.2) is 11.8 Å². The van der Waals surface area contributed by atoms with Crippen molar-refractivity contribution >= 4 is 11.8 Å². The SMILES string of the molecule is CC(C)(C)C1CCC(C2CC(=O)NC2=O)CC1. The molecule has 2 aliphatic rings. The first-order chi connectivity index (χ1) is 7.88. The van der Waals surface area contributed by atoms with Crippen molar-refractivity contribution in [1.29, 1.82) is 0 Å². The molecule has 1 atom stereocenters. The maximum Gasteiger partial charge on any atom is 0.230 e. The van der Waals surface area contributed by atoms with E-state index in [2.05, 4.69) is 26.1 Å². The maximum absolute atomic E-state index is 11.6. The molecule has 1 aliphatic carbocycles. The smallest absolute Gasteiger partial charge is 0.230 e. The number of rotatable bonds is 1. The van der Waals surface area contributed by atoms with E-state index >= 15 is 0 Å². The Morgan fingerprint density at radius 1 is 1.06 bits per heavy atom. The fourth-order valence-corrected chi connectivity index (χ4v) is 3.34. The molecule has 1 heterocycles.